The number of hydrogen-bond acceptors (Lipinski definition) is 3. The van der Waals surface area contributed by atoms with Crippen molar-refractivity contribution in [1.82, 2.24) is 9.97 Å². The van der Waals surface area contributed by atoms with Gasteiger partial charge in [-0.05, 0) is 0 Å². The van der Waals surface area contributed by atoms with Gasteiger partial charge in [0.15, 0.2) is 0 Å². The molecule has 50 valence electrons. The Bertz CT molecular complexity index is 161. The van der Waals surface area contributed by atoms with Gasteiger partial charge in [-0.2, -0.15) is 0 Å². The van der Waals surface area contributed by atoms with E-state index in [1.807, 2.05) is 0 Å². The van der Waals surface area contributed by atoms with Crippen LogP contribution in [0.1, 0.15) is 11.9 Å². The zero-order valence-corrected chi connectivity index (χ0v) is 4.91. The summed E-state index contributed by atoms with van der Waals surface area (Å²) in [5.41, 5.74) is 5.15. The summed E-state index contributed by atoms with van der Waals surface area (Å²) in [7, 11) is 0. The highest BCUT2D eigenvalue weighted by molar-refractivity contribution is 4.91. The van der Waals surface area contributed by atoms with Crippen molar-refractivity contribution in [3.63, 3.8) is 0 Å². The molecule has 0 aliphatic rings. The van der Waals surface area contributed by atoms with E-state index >= 15 is 0 Å². The van der Waals surface area contributed by atoms with Gasteiger partial charge < -0.3 is 15.8 Å². The number of rotatable bonds is 2. The Hall–Kier alpha value is -0.870. The molecule has 0 unspecified atom stereocenters. The van der Waals surface area contributed by atoms with Crippen molar-refractivity contribution in [3.05, 3.63) is 18.2 Å². The maximum atomic E-state index is 9.00. The van der Waals surface area contributed by atoms with Gasteiger partial charge in [-0.3, -0.25) is 0 Å². The Balaban J connectivity index is 2.65. The van der Waals surface area contributed by atoms with E-state index in [1.165, 1.54) is 0 Å². The number of aromatic nitrogens is 2. The zero-order valence-electron chi connectivity index (χ0n) is 4.91. The lowest BCUT2D eigenvalue weighted by atomic mass is 10.3. The molecule has 0 saturated heterocycles. The number of nitrogens with one attached hydrogen (secondary N) is 1. The molecule has 9 heavy (non-hydrogen) atoms. The van der Waals surface area contributed by atoms with Gasteiger partial charge in [-0.15, -0.1) is 0 Å². The van der Waals surface area contributed by atoms with E-state index in [0.29, 0.717) is 5.82 Å². The summed E-state index contributed by atoms with van der Waals surface area (Å²) in [5, 5.41) is 9.00. The lowest BCUT2D eigenvalue weighted by molar-refractivity contribution is 0.177. The fraction of sp³-hybridized carbons (Fsp3) is 0.400. The molecule has 4 heteroatoms. The lowest BCUT2D eigenvalue weighted by Crippen LogP contribution is -2.12. The lowest BCUT2D eigenvalue weighted by Gasteiger charge is -2.00. The number of nitrogens with zero attached hydrogens (tertiary/aromatic N) is 1. The van der Waals surface area contributed by atoms with E-state index in [-0.39, 0.29) is 6.54 Å². The highest BCUT2D eigenvalue weighted by Crippen LogP contribution is 2.01. The average molecular weight is 127 g/mol. The van der Waals surface area contributed by atoms with Crippen LogP contribution in [-0.4, -0.2) is 21.6 Å². The van der Waals surface area contributed by atoms with Crippen LogP contribution in [0.25, 0.3) is 0 Å². The van der Waals surface area contributed by atoms with Gasteiger partial charge in [0, 0.05) is 18.9 Å². The number of aliphatic hydroxyl groups excluding tert-OH is 1. The van der Waals surface area contributed by atoms with E-state index in [0.717, 1.165) is 0 Å². The van der Waals surface area contributed by atoms with Crippen LogP contribution in [0, 0.1) is 0 Å². The highest BCUT2D eigenvalue weighted by atomic mass is 16.3. The molecule has 0 aliphatic heterocycles. The van der Waals surface area contributed by atoms with Crippen LogP contribution >= 0.6 is 0 Å². The molecule has 1 rings (SSSR count). The van der Waals surface area contributed by atoms with E-state index in [1.54, 1.807) is 12.4 Å². The average Bonchev–Trinajstić information content (AvgIpc) is 2.37. The van der Waals surface area contributed by atoms with Crippen LogP contribution in [0.4, 0.5) is 0 Å². The molecule has 0 spiro atoms. The fourth-order valence-electron chi connectivity index (χ4n) is 0.571. The summed E-state index contributed by atoms with van der Waals surface area (Å²) >= 11 is 0. The van der Waals surface area contributed by atoms with Crippen molar-refractivity contribution < 1.29 is 5.11 Å². The Morgan fingerprint density at radius 1 is 1.89 bits per heavy atom. The Kier molecular flexibility index (Phi) is 1.81. The summed E-state index contributed by atoms with van der Waals surface area (Å²) in [6.07, 6.45) is 2.57. The maximum absolute atomic E-state index is 9.00. The van der Waals surface area contributed by atoms with Gasteiger partial charge in [0.2, 0.25) is 0 Å². The number of hydrogen-bond donors (Lipinski definition) is 3. The standard InChI is InChI=1S/C5H9N3O/c6-3-4(9)5-7-1-2-8-5/h1-2,4,9H,3,6H2,(H,7,8)/t4-/m1/s1. The molecular weight excluding hydrogens is 118 g/mol. The SMILES string of the molecule is NC[C@@H](O)c1ncc[nH]1. The Labute approximate surface area is 52.7 Å². The summed E-state index contributed by atoms with van der Waals surface area (Å²) in [6.45, 7) is 0.202. The molecule has 4 nitrogen and oxygen atoms in total. The summed E-state index contributed by atoms with van der Waals surface area (Å²) < 4.78 is 0. The summed E-state index contributed by atoms with van der Waals surface area (Å²) in [4.78, 5) is 6.55. The minimum Gasteiger partial charge on any atom is -0.384 e. The molecular formula is C5H9N3O. The van der Waals surface area contributed by atoms with E-state index in [4.69, 9.17) is 10.8 Å². The normalized spacial score (nSPS) is 13.6. The third-order valence-electron chi connectivity index (χ3n) is 1.06. The van der Waals surface area contributed by atoms with Gasteiger partial charge in [0.1, 0.15) is 11.9 Å². The van der Waals surface area contributed by atoms with Crippen molar-refractivity contribution in [2.75, 3.05) is 6.54 Å². The van der Waals surface area contributed by atoms with E-state index < -0.39 is 6.10 Å². The van der Waals surface area contributed by atoms with Gasteiger partial charge >= 0.3 is 0 Å². The van der Waals surface area contributed by atoms with Gasteiger partial charge in [-0.1, -0.05) is 0 Å². The highest BCUT2D eigenvalue weighted by Gasteiger charge is 2.04. The van der Waals surface area contributed by atoms with Crippen LogP contribution in [0.5, 0.6) is 0 Å². The summed E-state index contributed by atoms with van der Waals surface area (Å²) in [6, 6.07) is 0. The molecule has 0 amide bonds. The predicted octanol–water partition coefficient (Wildman–Crippen LogP) is -0.598. The fourth-order valence-corrected chi connectivity index (χ4v) is 0.571. The molecule has 1 aromatic rings. The van der Waals surface area contributed by atoms with Gasteiger partial charge in [0.05, 0.1) is 0 Å². The number of H-pyrrole nitrogens is 1. The quantitative estimate of drug-likeness (QED) is 0.496. The topological polar surface area (TPSA) is 74.9 Å². The smallest absolute Gasteiger partial charge is 0.136 e. The number of aliphatic hydroxyl groups is 1. The number of nitrogens with two attached hydrogens (primary N) is 1. The van der Waals surface area contributed by atoms with Crippen molar-refractivity contribution in [1.29, 1.82) is 0 Å². The molecule has 0 fully saturated rings. The number of aromatic amines is 1. The summed E-state index contributed by atoms with van der Waals surface area (Å²) in [5.74, 6) is 0.525. The second kappa shape index (κ2) is 2.61. The monoisotopic (exact) mass is 127 g/mol. The maximum Gasteiger partial charge on any atom is 0.136 e. The first-order valence-electron chi connectivity index (χ1n) is 2.72. The molecule has 0 aliphatic carbocycles. The van der Waals surface area contributed by atoms with Crippen LogP contribution in [-0.2, 0) is 0 Å². The van der Waals surface area contributed by atoms with E-state index in [2.05, 4.69) is 9.97 Å². The minimum atomic E-state index is -0.653. The van der Waals surface area contributed by atoms with Crippen LogP contribution in [0.15, 0.2) is 12.4 Å². The van der Waals surface area contributed by atoms with Crippen molar-refractivity contribution in [2.45, 2.75) is 6.10 Å². The van der Waals surface area contributed by atoms with Crippen LogP contribution in [0.3, 0.4) is 0 Å². The molecule has 0 radical (unpaired) electrons. The Morgan fingerprint density at radius 3 is 3.11 bits per heavy atom. The van der Waals surface area contributed by atoms with E-state index in [9.17, 15) is 0 Å². The molecule has 0 bridgehead atoms. The van der Waals surface area contributed by atoms with Crippen LogP contribution < -0.4 is 5.73 Å². The Morgan fingerprint density at radius 2 is 2.67 bits per heavy atom. The van der Waals surface area contributed by atoms with Gasteiger partial charge in [-0.25, -0.2) is 4.98 Å². The number of imidazole rings is 1. The van der Waals surface area contributed by atoms with Gasteiger partial charge in [0.25, 0.3) is 0 Å². The molecule has 1 atom stereocenters. The second-order valence-corrected chi connectivity index (χ2v) is 1.73. The van der Waals surface area contributed by atoms with Crippen molar-refractivity contribution in [3.8, 4) is 0 Å². The minimum absolute atomic E-state index is 0.202. The largest absolute Gasteiger partial charge is 0.384 e. The third-order valence-corrected chi connectivity index (χ3v) is 1.06. The first kappa shape index (κ1) is 6.25. The first-order chi connectivity index (χ1) is 4.34. The first-order valence-corrected chi connectivity index (χ1v) is 2.72. The molecule has 4 N–H and O–H groups in total. The molecule has 0 aromatic carbocycles. The second-order valence-electron chi connectivity index (χ2n) is 1.73. The van der Waals surface area contributed by atoms with Crippen molar-refractivity contribution in [2.24, 2.45) is 5.73 Å². The predicted molar refractivity (Wildman–Crippen MR) is 32.6 cm³/mol. The third kappa shape index (κ3) is 1.28. The van der Waals surface area contributed by atoms with Crippen molar-refractivity contribution >= 4 is 0 Å². The van der Waals surface area contributed by atoms with Crippen LogP contribution in [0.2, 0.25) is 0 Å². The molecule has 0 saturated carbocycles. The zero-order chi connectivity index (χ0) is 6.69. The molecule has 1 heterocycles. The molecule has 1 aromatic heterocycles.